The van der Waals surface area contributed by atoms with Crippen molar-refractivity contribution in [2.45, 2.75) is 18.9 Å². The first-order valence-electron chi connectivity index (χ1n) is 5.55. The lowest BCUT2D eigenvalue weighted by Gasteiger charge is -2.23. The molecule has 2 heterocycles. The van der Waals surface area contributed by atoms with E-state index in [9.17, 15) is 9.59 Å². The predicted octanol–water partition coefficient (Wildman–Crippen LogP) is 0.326. The van der Waals surface area contributed by atoms with Gasteiger partial charge in [0.05, 0.1) is 10.6 Å². The average molecular weight is 269 g/mol. The summed E-state index contributed by atoms with van der Waals surface area (Å²) in [5, 5.41) is 5.75. The maximum Gasteiger partial charge on any atom is 0.253 e. The number of halogens is 1. The van der Waals surface area contributed by atoms with Crippen molar-refractivity contribution in [2.24, 2.45) is 0 Å². The van der Waals surface area contributed by atoms with Gasteiger partial charge in [0.2, 0.25) is 5.91 Å². The third-order valence-electron chi connectivity index (χ3n) is 2.73. The number of aromatic nitrogens is 1. The Balaban J connectivity index is 1.99. The maximum atomic E-state index is 11.9. The van der Waals surface area contributed by atoms with E-state index in [4.69, 9.17) is 17.3 Å². The summed E-state index contributed by atoms with van der Waals surface area (Å²) in [7, 11) is 0. The largest absolute Gasteiger partial charge is 0.382 e. The van der Waals surface area contributed by atoms with Crippen molar-refractivity contribution >= 4 is 29.2 Å². The lowest BCUT2D eigenvalue weighted by molar-refractivity contribution is -0.122. The topological polar surface area (TPSA) is 97.1 Å². The SMILES string of the molecule is Nc1ncc(C(=O)NC2CCC(=O)NC2)cc1Cl. The summed E-state index contributed by atoms with van der Waals surface area (Å²) in [4.78, 5) is 26.7. The van der Waals surface area contributed by atoms with Gasteiger partial charge in [-0.05, 0) is 12.5 Å². The summed E-state index contributed by atoms with van der Waals surface area (Å²) in [6, 6.07) is 1.41. The Bertz CT molecular complexity index is 482. The third kappa shape index (κ3) is 2.89. The zero-order valence-corrected chi connectivity index (χ0v) is 10.3. The van der Waals surface area contributed by atoms with E-state index in [-0.39, 0.29) is 28.7 Å². The van der Waals surface area contributed by atoms with Gasteiger partial charge in [0, 0.05) is 25.2 Å². The lowest BCUT2D eigenvalue weighted by atomic mass is 10.1. The van der Waals surface area contributed by atoms with Crippen LogP contribution in [0, 0.1) is 0 Å². The molecular weight excluding hydrogens is 256 g/mol. The number of amides is 2. The van der Waals surface area contributed by atoms with Gasteiger partial charge in [0.25, 0.3) is 5.91 Å². The number of carbonyl (C=O) groups excluding carboxylic acids is 2. The van der Waals surface area contributed by atoms with Gasteiger partial charge >= 0.3 is 0 Å². The summed E-state index contributed by atoms with van der Waals surface area (Å²) in [5.41, 5.74) is 5.82. The molecule has 2 amide bonds. The number of nitrogens with two attached hydrogens (primary N) is 1. The Hall–Kier alpha value is -1.82. The van der Waals surface area contributed by atoms with Crippen LogP contribution in [0.5, 0.6) is 0 Å². The number of nitrogens with zero attached hydrogens (tertiary/aromatic N) is 1. The monoisotopic (exact) mass is 268 g/mol. The smallest absolute Gasteiger partial charge is 0.253 e. The summed E-state index contributed by atoms with van der Waals surface area (Å²) < 4.78 is 0. The van der Waals surface area contributed by atoms with Crippen LogP contribution in [0.25, 0.3) is 0 Å². The van der Waals surface area contributed by atoms with Crippen LogP contribution in [-0.2, 0) is 4.79 Å². The van der Waals surface area contributed by atoms with Crippen LogP contribution in [0.2, 0.25) is 5.02 Å². The second-order valence-electron chi connectivity index (χ2n) is 4.10. The van der Waals surface area contributed by atoms with Gasteiger partial charge in [-0.2, -0.15) is 0 Å². The fourth-order valence-electron chi connectivity index (χ4n) is 1.70. The maximum absolute atomic E-state index is 11.9. The van der Waals surface area contributed by atoms with E-state index >= 15 is 0 Å². The van der Waals surface area contributed by atoms with Crippen LogP contribution in [0.4, 0.5) is 5.82 Å². The van der Waals surface area contributed by atoms with E-state index in [0.717, 1.165) is 0 Å². The summed E-state index contributed by atoms with van der Waals surface area (Å²) in [5.74, 6) is -0.0682. The van der Waals surface area contributed by atoms with Crippen molar-refractivity contribution in [1.29, 1.82) is 0 Å². The van der Waals surface area contributed by atoms with Gasteiger partial charge in [-0.1, -0.05) is 11.6 Å². The number of nitrogen functional groups attached to an aromatic ring is 1. The third-order valence-corrected chi connectivity index (χ3v) is 3.04. The Morgan fingerprint density at radius 2 is 2.39 bits per heavy atom. The Kier molecular flexibility index (Phi) is 3.66. The highest BCUT2D eigenvalue weighted by atomic mass is 35.5. The van der Waals surface area contributed by atoms with Crippen LogP contribution in [0.3, 0.4) is 0 Å². The van der Waals surface area contributed by atoms with Crippen molar-refractivity contribution in [1.82, 2.24) is 15.6 Å². The minimum Gasteiger partial charge on any atom is -0.382 e. The Labute approximate surface area is 109 Å². The minimum atomic E-state index is -0.273. The molecule has 0 aromatic carbocycles. The van der Waals surface area contributed by atoms with E-state index in [1.54, 1.807) is 0 Å². The molecule has 18 heavy (non-hydrogen) atoms. The lowest BCUT2D eigenvalue weighted by Crippen LogP contribution is -2.47. The first-order chi connectivity index (χ1) is 8.56. The van der Waals surface area contributed by atoms with Crippen molar-refractivity contribution in [3.8, 4) is 0 Å². The zero-order chi connectivity index (χ0) is 13.1. The highest BCUT2D eigenvalue weighted by molar-refractivity contribution is 6.33. The molecule has 0 radical (unpaired) electrons. The quantitative estimate of drug-likeness (QED) is 0.720. The van der Waals surface area contributed by atoms with Gasteiger partial charge in [-0.15, -0.1) is 0 Å². The van der Waals surface area contributed by atoms with Crippen LogP contribution >= 0.6 is 11.6 Å². The number of pyridine rings is 1. The molecule has 0 bridgehead atoms. The molecule has 1 aliphatic heterocycles. The van der Waals surface area contributed by atoms with E-state index in [1.165, 1.54) is 12.3 Å². The van der Waals surface area contributed by atoms with Crippen molar-refractivity contribution in [3.05, 3.63) is 22.8 Å². The predicted molar refractivity (Wildman–Crippen MR) is 67.2 cm³/mol. The van der Waals surface area contributed by atoms with Gasteiger partial charge in [0.1, 0.15) is 5.82 Å². The van der Waals surface area contributed by atoms with Crippen molar-refractivity contribution in [2.75, 3.05) is 12.3 Å². The van der Waals surface area contributed by atoms with Crippen LogP contribution in [0.15, 0.2) is 12.3 Å². The molecule has 1 aliphatic rings. The van der Waals surface area contributed by atoms with E-state index in [2.05, 4.69) is 15.6 Å². The number of carbonyl (C=O) groups is 2. The second kappa shape index (κ2) is 5.22. The van der Waals surface area contributed by atoms with Crippen molar-refractivity contribution in [3.63, 3.8) is 0 Å². The molecule has 0 spiro atoms. The molecule has 1 aromatic rings. The number of anilines is 1. The zero-order valence-electron chi connectivity index (χ0n) is 9.57. The van der Waals surface area contributed by atoms with Gasteiger partial charge in [0.15, 0.2) is 0 Å². The van der Waals surface area contributed by atoms with Gasteiger partial charge in [-0.25, -0.2) is 4.98 Å². The number of hydrogen-bond acceptors (Lipinski definition) is 4. The summed E-state index contributed by atoms with van der Waals surface area (Å²) >= 11 is 5.80. The second-order valence-corrected chi connectivity index (χ2v) is 4.51. The number of rotatable bonds is 2. The summed E-state index contributed by atoms with van der Waals surface area (Å²) in [6.45, 7) is 0.445. The van der Waals surface area contributed by atoms with E-state index in [1.807, 2.05) is 0 Å². The molecule has 1 saturated heterocycles. The molecule has 1 unspecified atom stereocenters. The molecular formula is C11H13ClN4O2. The van der Waals surface area contributed by atoms with E-state index in [0.29, 0.717) is 24.9 Å². The molecule has 0 aliphatic carbocycles. The molecule has 1 fully saturated rings. The molecule has 0 saturated carbocycles. The van der Waals surface area contributed by atoms with Gasteiger partial charge < -0.3 is 16.4 Å². The highest BCUT2D eigenvalue weighted by Gasteiger charge is 2.20. The molecule has 1 aromatic heterocycles. The average Bonchev–Trinajstić information content (AvgIpc) is 2.35. The van der Waals surface area contributed by atoms with Gasteiger partial charge in [-0.3, -0.25) is 9.59 Å². The normalized spacial score (nSPS) is 19.2. The molecule has 96 valence electrons. The first-order valence-corrected chi connectivity index (χ1v) is 5.92. The number of hydrogen-bond donors (Lipinski definition) is 3. The van der Waals surface area contributed by atoms with Crippen LogP contribution in [0.1, 0.15) is 23.2 Å². The Morgan fingerprint density at radius 3 is 3.00 bits per heavy atom. The summed E-state index contributed by atoms with van der Waals surface area (Å²) in [6.07, 6.45) is 2.43. The Morgan fingerprint density at radius 1 is 1.61 bits per heavy atom. The standard InChI is InChI=1S/C11H13ClN4O2/c12-8-3-6(4-15-10(8)13)11(18)16-7-1-2-9(17)14-5-7/h3-4,7H,1-2,5H2,(H2,13,15)(H,14,17)(H,16,18). The number of piperidine rings is 1. The fourth-order valence-corrected chi connectivity index (χ4v) is 1.86. The van der Waals surface area contributed by atoms with Crippen molar-refractivity contribution < 1.29 is 9.59 Å². The fraction of sp³-hybridized carbons (Fsp3) is 0.364. The van der Waals surface area contributed by atoms with E-state index < -0.39 is 0 Å². The highest BCUT2D eigenvalue weighted by Crippen LogP contribution is 2.16. The first kappa shape index (κ1) is 12.6. The molecule has 2 rings (SSSR count). The molecule has 7 heteroatoms. The molecule has 4 N–H and O–H groups in total. The molecule has 6 nitrogen and oxygen atoms in total. The minimum absolute atomic E-state index is 0.0118. The number of nitrogens with one attached hydrogen (secondary N) is 2. The molecule has 1 atom stereocenters. The van der Waals surface area contributed by atoms with Crippen LogP contribution < -0.4 is 16.4 Å². The van der Waals surface area contributed by atoms with Crippen LogP contribution in [-0.4, -0.2) is 29.4 Å².